The molecule has 0 aromatic carbocycles. The lowest BCUT2D eigenvalue weighted by atomic mass is 10.0. The van der Waals surface area contributed by atoms with Crippen LogP contribution in [0.4, 0.5) is 0 Å². The summed E-state index contributed by atoms with van der Waals surface area (Å²) in [6, 6.07) is -4.65. The van der Waals surface area contributed by atoms with Gasteiger partial charge in [0.15, 0.2) is 5.96 Å². The SMILES string of the molecule is CCCN[C@@H](C)C(=O)N[C@@H](CCCCN)C(=O)N[C@@H](CC(C)C)C(=O)N[C@@H](Cc1cnc[nH]1)C(=O)N[C@@H](CCCN=C(N)N)C(N)=O. The number of hydrogen-bond acceptors (Lipinski definition) is 9. The van der Waals surface area contributed by atoms with Gasteiger partial charge in [0.2, 0.25) is 29.5 Å². The van der Waals surface area contributed by atoms with Crippen LogP contribution in [0.3, 0.4) is 0 Å². The van der Waals surface area contributed by atoms with E-state index in [0.29, 0.717) is 44.5 Å². The summed E-state index contributed by atoms with van der Waals surface area (Å²) in [5.74, 6) is -3.01. The molecule has 17 heteroatoms. The molecular formula is C30H56N12O5. The van der Waals surface area contributed by atoms with Gasteiger partial charge >= 0.3 is 0 Å². The number of rotatable bonds is 24. The van der Waals surface area contributed by atoms with E-state index >= 15 is 0 Å². The maximum atomic E-state index is 13.7. The summed E-state index contributed by atoms with van der Waals surface area (Å²) in [6.45, 7) is 8.78. The number of imidazole rings is 1. The number of carbonyl (C=O) groups excluding carboxylic acids is 5. The van der Waals surface area contributed by atoms with Gasteiger partial charge in [0.05, 0.1) is 12.4 Å². The summed E-state index contributed by atoms with van der Waals surface area (Å²) >= 11 is 0. The van der Waals surface area contributed by atoms with Gasteiger partial charge in [-0.15, -0.1) is 0 Å². The van der Waals surface area contributed by atoms with Crippen LogP contribution >= 0.6 is 0 Å². The topological polar surface area (TPSA) is 291 Å². The Balaban J connectivity index is 3.16. The van der Waals surface area contributed by atoms with E-state index in [0.717, 1.165) is 6.42 Å². The Morgan fingerprint density at radius 1 is 0.830 bits per heavy atom. The van der Waals surface area contributed by atoms with Crippen LogP contribution < -0.4 is 49.5 Å². The third-order valence-electron chi connectivity index (χ3n) is 7.23. The van der Waals surface area contributed by atoms with Gasteiger partial charge in [-0.2, -0.15) is 0 Å². The Kier molecular flexibility index (Phi) is 19.4. The molecule has 0 bridgehead atoms. The maximum Gasteiger partial charge on any atom is 0.243 e. The molecule has 1 aromatic rings. The molecule has 14 N–H and O–H groups in total. The maximum absolute atomic E-state index is 13.7. The van der Waals surface area contributed by atoms with E-state index in [1.165, 1.54) is 12.5 Å². The monoisotopic (exact) mass is 664 g/mol. The minimum Gasteiger partial charge on any atom is -0.370 e. The number of aromatic nitrogens is 2. The molecule has 0 saturated heterocycles. The van der Waals surface area contributed by atoms with Gasteiger partial charge < -0.3 is 54.5 Å². The molecular weight excluding hydrogens is 608 g/mol. The molecule has 47 heavy (non-hydrogen) atoms. The number of nitrogens with zero attached hydrogens (tertiary/aromatic N) is 2. The molecule has 266 valence electrons. The van der Waals surface area contributed by atoms with Crippen molar-refractivity contribution in [2.24, 2.45) is 33.8 Å². The van der Waals surface area contributed by atoms with Crippen LogP contribution in [0.15, 0.2) is 17.5 Å². The number of guanidine groups is 1. The van der Waals surface area contributed by atoms with Crippen molar-refractivity contribution in [2.45, 2.75) is 109 Å². The van der Waals surface area contributed by atoms with E-state index in [4.69, 9.17) is 22.9 Å². The van der Waals surface area contributed by atoms with Gasteiger partial charge in [0.1, 0.15) is 24.2 Å². The molecule has 0 radical (unpaired) electrons. The van der Waals surface area contributed by atoms with E-state index in [1.807, 2.05) is 20.8 Å². The van der Waals surface area contributed by atoms with E-state index in [9.17, 15) is 24.0 Å². The molecule has 0 aliphatic rings. The number of aromatic amines is 1. The Morgan fingerprint density at radius 3 is 2.00 bits per heavy atom. The number of nitrogens with two attached hydrogens (primary N) is 4. The Morgan fingerprint density at radius 2 is 1.43 bits per heavy atom. The minimum absolute atomic E-state index is 0.0137. The fraction of sp³-hybridized carbons (Fsp3) is 0.700. The van der Waals surface area contributed by atoms with Gasteiger partial charge in [0, 0.05) is 24.9 Å². The summed E-state index contributed by atoms with van der Waals surface area (Å²) in [5, 5.41) is 14.0. The lowest BCUT2D eigenvalue weighted by Gasteiger charge is -2.27. The minimum atomic E-state index is -1.15. The van der Waals surface area contributed by atoms with Crippen LogP contribution in [-0.2, 0) is 30.4 Å². The van der Waals surface area contributed by atoms with Crippen LogP contribution in [0.2, 0.25) is 0 Å². The average molecular weight is 665 g/mol. The highest BCUT2D eigenvalue weighted by Crippen LogP contribution is 2.10. The summed E-state index contributed by atoms with van der Waals surface area (Å²) in [4.78, 5) is 76.4. The van der Waals surface area contributed by atoms with E-state index < -0.39 is 53.8 Å². The van der Waals surface area contributed by atoms with Crippen molar-refractivity contribution in [3.05, 3.63) is 18.2 Å². The van der Waals surface area contributed by atoms with Gasteiger partial charge in [-0.25, -0.2) is 4.98 Å². The quantitative estimate of drug-likeness (QED) is 0.0329. The Labute approximate surface area is 277 Å². The van der Waals surface area contributed by atoms with Crippen LogP contribution in [0.5, 0.6) is 0 Å². The van der Waals surface area contributed by atoms with Gasteiger partial charge in [-0.05, 0) is 70.9 Å². The molecule has 17 nitrogen and oxygen atoms in total. The predicted molar refractivity (Wildman–Crippen MR) is 179 cm³/mol. The lowest BCUT2D eigenvalue weighted by Crippen LogP contribution is -2.59. The molecule has 5 atom stereocenters. The number of nitrogens with one attached hydrogen (secondary N) is 6. The van der Waals surface area contributed by atoms with Crippen molar-refractivity contribution in [3.8, 4) is 0 Å². The molecule has 0 aliphatic carbocycles. The molecule has 0 fully saturated rings. The molecule has 0 saturated carbocycles. The smallest absolute Gasteiger partial charge is 0.243 e. The summed E-state index contributed by atoms with van der Waals surface area (Å²) in [5.41, 5.74) is 22.4. The number of carbonyl (C=O) groups is 5. The molecule has 1 aromatic heterocycles. The first-order valence-electron chi connectivity index (χ1n) is 16.3. The van der Waals surface area contributed by atoms with Crippen molar-refractivity contribution in [1.82, 2.24) is 36.6 Å². The second-order valence-corrected chi connectivity index (χ2v) is 12.0. The third kappa shape index (κ3) is 16.8. The first-order chi connectivity index (χ1) is 22.3. The van der Waals surface area contributed by atoms with Crippen molar-refractivity contribution in [1.29, 1.82) is 0 Å². The fourth-order valence-corrected chi connectivity index (χ4v) is 4.65. The molecule has 1 heterocycles. The van der Waals surface area contributed by atoms with Crippen molar-refractivity contribution in [2.75, 3.05) is 19.6 Å². The highest BCUT2D eigenvalue weighted by atomic mass is 16.2. The molecule has 0 spiro atoms. The number of amides is 5. The van der Waals surface area contributed by atoms with E-state index in [1.54, 1.807) is 6.92 Å². The Hall–Kier alpha value is -4.25. The fourth-order valence-electron chi connectivity index (χ4n) is 4.65. The van der Waals surface area contributed by atoms with Crippen LogP contribution in [-0.4, -0.2) is 95.3 Å². The van der Waals surface area contributed by atoms with Crippen molar-refractivity contribution in [3.63, 3.8) is 0 Å². The average Bonchev–Trinajstić information content (AvgIpc) is 3.52. The van der Waals surface area contributed by atoms with Gasteiger partial charge in [-0.1, -0.05) is 20.8 Å². The molecule has 5 amide bonds. The normalized spacial score (nSPS) is 14.3. The summed E-state index contributed by atoms with van der Waals surface area (Å²) in [6.07, 6.45) is 6.15. The number of aliphatic imine (C=N–C) groups is 1. The molecule has 0 unspecified atom stereocenters. The summed E-state index contributed by atoms with van der Waals surface area (Å²) in [7, 11) is 0. The number of hydrogen-bond donors (Lipinski definition) is 10. The van der Waals surface area contributed by atoms with Crippen LogP contribution in [0, 0.1) is 5.92 Å². The second-order valence-electron chi connectivity index (χ2n) is 12.0. The zero-order valence-electron chi connectivity index (χ0n) is 28.1. The number of H-pyrrole nitrogens is 1. The largest absolute Gasteiger partial charge is 0.370 e. The number of unbranched alkanes of at least 4 members (excludes halogenated alkanes) is 1. The summed E-state index contributed by atoms with van der Waals surface area (Å²) < 4.78 is 0. The lowest BCUT2D eigenvalue weighted by molar-refractivity contribution is -0.135. The first kappa shape index (κ1) is 40.8. The van der Waals surface area contributed by atoms with Gasteiger partial charge in [-0.3, -0.25) is 29.0 Å². The van der Waals surface area contributed by atoms with Crippen molar-refractivity contribution < 1.29 is 24.0 Å². The standard InChI is InChI=1S/C30H56N12O5/c1-5-12-36-19(4)26(44)40-22(9-6-7-11-31)27(45)41-23(14-18(2)3)28(46)42-24(15-20-16-35-17-38-20)29(47)39-21(25(32)43)10-8-13-37-30(33)34/h16-19,21-24,36H,5-15,31H2,1-4H3,(H2,32,43)(H,35,38)(H,39,47)(H,40,44)(H,41,45)(H,42,46)(H4,33,34,37)/t19-,21-,22-,23-,24-/m0/s1. The highest BCUT2D eigenvalue weighted by Gasteiger charge is 2.32. The van der Waals surface area contributed by atoms with Crippen LogP contribution in [0.1, 0.15) is 78.3 Å². The Bertz CT molecular complexity index is 1140. The zero-order valence-corrected chi connectivity index (χ0v) is 28.1. The highest BCUT2D eigenvalue weighted by molar-refractivity contribution is 5.95. The second kappa shape index (κ2) is 22.3. The number of primary amides is 1. The van der Waals surface area contributed by atoms with Gasteiger partial charge in [0.25, 0.3) is 0 Å². The molecule has 0 aliphatic heterocycles. The van der Waals surface area contributed by atoms with E-state index in [-0.39, 0.29) is 43.6 Å². The third-order valence-corrected chi connectivity index (χ3v) is 7.23. The zero-order chi connectivity index (χ0) is 35.4. The molecule has 1 rings (SSSR count). The van der Waals surface area contributed by atoms with Crippen molar-refractivity contribution >= 4 is 35.5 Å². The van der Waals surface area contributed by atoms with E-state index in [2.05, 4.69) is 41.5 Å². The first-order valence-corrected chi connectivity index (χ1v) is 16.3. The van der Waals surface area contributed by atoms with Crippen LogP contribution in [0.25, 0.3) is 0 Å². The predicted octanol–water partition coefficient (Wildman–Crippen LogP) is -2.01.